The van der Waals surface area contributed by atoms with Gasteiger partial charge in [-0.05, 0) is 37.3 Å². The first-order valence-corrected chi connectivity index (χ1v) is 13.4. The maximum Gasteiger partial charge on any atom is 0.424 e. The van der Waals surface area contributed by atoms with E-state index in [1.54, 1.807) is 0 Å². The Morgan fingerprint density at radius 2 is 1.93 bits per heavy atom. The van der Waals surface area contributed by atoms with E-state index >= 15 is 4.39 Å². The van der Waals surface area contributed by atoms with Crippen molar-refractivity contribution >= 4 is 34.3 Å². The van der Waals surface area contributed by atoms with E-state index in [0.717, 1.165) is 37.6 Å². The topological polar surface area (TPSA) is 142 Å². The minimum Gasteiger partial charge on any atom is -0.494 e. The van der Waals surface area contributed by atoms with Crippen LogP contribution >= 0.6 is 11.6 Å². The highest BCUT2D eigenvalue weighted by Gasteiger charge is 2.58. The van der Waals surface area contributed by atoms with Gasteiger partial charge in [-0.15, -0.1) is 0 Å². The lowest BCUT2D eigenvalue weighted by molar-refractivity contribution is -0.265. The van der Waals surface area contributed by atoms with E-state index in [4.69, 9.17) is 26.8 Å². The smallest absolute Gasteiger partial charge is 0.424 e. The Hall–Kier alpha value is -4.64. The summed E-state index contributed by atoms with van der Waals surface area (Å²) < 4.78 is 110. The maximum absolute atomic E-state index is 15.1. The number of fused-ring (bicyclic) bond motifs is 2. The number of aliphatic hydroxyl groups is 1. The second-order valence-corrected chi connectivity index (χ2v) is 10.9. The lowest BCUT2D eigenvalue weighted by Crippen LogP contribution is -2.51. The third kappa shape index (κ3) is 5.22. The number of nitrogens with two attached hydrogens (primary N) is 1. The van der Waals surface area contributed by atoms with Crippen LogP contribution in [0.4, 0.5) is 30.7 Å². The number of alkyl halides is 5. The molecule has 0 radical (unpaired) electrons. The SMILES string of the molecule is COc1cc(C(=O)NC[C@](O)(c2cc3c(c(-c4ccc(F)c(Cl)c4F)n2)OC[C@]3(C)C(N)=O)C(F)(F)F)cc2cn(C(F)F)nc12. The minimum absolute atomic E-state index is 0.00784. The number of hydrogen-bond acceptors (Lipinski definition) is 7. The fourth-order valence-electron chi connectivity index (χ4n) is 4.85. The van der Waals surface area contributed by atoms with Crippen molar-refractivity contribution in [3.05, 3.63) is 70.0 Å². The van der Waals surface area contributed by atoms with Crippen molar-refractivity contribution < 1.29 is 54.9 Å². The first kappa shape index (κ1) is 32.7. The fourth-order valence-corrected chi connectivity index (χ4v) is 5.01. The molecule has 0 saturated heterocycles. The number of ether oxygens (including phenoxy) is 2. The quantitative estimate of drug-likeness (QED) is 0.181. The van der Waals surface area contributed by atoms with Gasteiger partial charge in [0.25, 0.3) is 5.91 Å². The number of aromatic nitrogens is 3. The second kappa shape index (κ2) is 11.3. The maximum atomic E-state index is 15.1. The van der Waals surface area contributed by atoms with Crippen molar-refractivity contribution in [2.75, 3.05) is 20.3 Å². The molecule has 1 aliphatic heterocycles. The summed E-state index contributed by atoms with van der Waals surface area (Å²) in [7, 11) is 1.15. The lowest BCUT2D eigenvalue weighted by atomic mass is 9.81. The van der Waals surface area contributed by atoms with Crippen LogP contribution < -0.4 is 20.5 Å². The largest absolute Gasteiger partial charge is 0.494 e. The van der Waals surface area contributed by atoms with Gasteiger partial charge in [-0.1, -0.05) is 11.6 Å². The molecular weight excluding hydrogens is 655 g/mol. The summed E-state index contributed by atoms with van der Waals surface area (Å²) in [5.74, 6) is -5.38. The highest BCUT2D eigenvalue weighted by Crippen LogP contribution is 2.48. The van der Waals surface area contributed by atoms with Gasteiger partial charge in [0.1, 0.15) is 45.6 Å². The number of nitrogens with one attached hydrogen (secondary N) is 1. The molecule has 1 aliphatic rings. The van der Waals surface area contributed by atoms with Gasteiger partial charge in [-0.3, -0.25) is 9.59 Å². The van der Waals surface area contributed by atoms with Crippen molar-refractivity contribution in [2.24, 2.45) is 5.73 Å². The molecule has 18 heteroatoms. The molecule has 0 spiro atoms. The third-order valence-electron chi connectivity index (χ3n) is 7.58. The van der Waals surface area contributed by atoms with Gasteiger partial charge < -0.3 is 25.6 Å². The molecular formula is C28H21ClF7N5O5. The molecule has 4 N–H and O–H groups in total. The first-order valence-electron chi connectivity index (χ1n) is 13.0. The Morgan fingerprint density at radius 1 is 1.24 bits per heavy atom. The van der Waals surface area contributed by atoms with Gasteiger partial charge in [-0.2, -0.15) is 27.1 Å². The summed E-state index contributed by atoms with van der Waals surface area (Å²) >= 11 is 5.69. The molecule has 2 aromatic carbocycles. The molecule has 5 rings (SSSR count). The van der Waals surface area contributed by atoms with Crippen molar-refractivity contribution in [1.82, 2.24) is 20.1 Å². The summed E-state index contributed by atoms with van der Waals surface area (Å²) in [4.78, 5) is 29.3. The number of nitrogens with zero attached hydrogens (tertiary/aromatic N) is 3. The number of halogens is 8. The molecule has 4 aromatic rings. The van der Waals surface area contributed by atoms with Crippen molar-refractivity contribution in [2.45, 2.75) is 30.7 Å². The van der Waals surface area contributed by atoms with E-state index in [-0.39, 0.29) is 38.2 Å². The summed E-state index contributed by atoms with van der Waals surface area (Å²) in [5.41, 5.74) is -3.49. The highest BCUT2D eigenvalue weighted by molar-refractivity contribution is 6.31. The third-order valence-corrected chi connectivity index (χ3v) is 7.92. The van der Waals surface area contributed by atoms with Gasteiger partial charge in [0.05, 0.1) is 19.3 Å². The Morgan fingerprint density at radius 3 is 2.54 bits per heavy atom. The van der Waals surface area contributed by atoms with Crippen molar-refractivity contribution in [3.8, 4) is 22.8 Å². The molecule has 244 valence electrons. The summed E-state index contributed by atoms with van der Waals surface area (Å²) in [6.45, 7) is -3.89. The molecule has 3 heterocycles. The number of amides is 2. The molecule has 0 aliphatic carbocycles. The molecule has 2 amide bonds. The van der Waals surface area contributed by atoms with Crippen LogP contribution in [0.2, 0.25) is 5.02 Å². The second-order valence-electron chi connectivity index (χ2n) is 10.5. The van der Waals surface area contributed by atoms with Crippen molar-refractivity contribution in [1.29, 1.82) is 0 Å². The van der Waals surface area contributed by atoms with Crippen molar-refractivity contribution in [3.63, 3.8) is 0 Å². The normalized spacial score (nSPS) is 17.5. The van der Waals surface area contributed by atoms with E-state index in [9.17, 15) is 41.0 Å². The Bertz CT molecular complexity index is 1900. The first-order chi connectivity index (χ1) is 21.4. The van der Waals surface area contributed by atoms with Gasteiger partial charge in [0, 0.05) is 28.3 Å². The van der Waals surface area contributed by atoms with Crippen LogP contribution in [0.15, 0.2) is 36.5 Å². The predicted octanol–water partition coefficient (Wildman–Crippen LogP) is 4.75. The predicted molar refractivity (Wildman–Crippen MR) is 146 cm³/mol. The average Bonchev–Trinajstić information content (AvgIpc) is 3.59. The molecule has 46 heavy (non-hydrogen) atoms. The lowest BCUT2D eigenvalue weighted by Gasteiger charge is -2.31. The van der Waals surface area contributed by atoms with Gasteiger partial charge in [0.15, 0.2) is 5.82 Å². The summed E-state index contributed by atoms with van der Waals surface area (Å²) in [6.07, 6.45) is -4.68. The van der Waals surface area contributed by atoms with Crippen LogP contribution in [0.1, 0.15) is 35.1 Å². The van der Waals surface area contributed by atoms with Crippen LogP contribution in [-0.2, 0) is 15.8 Å². The molecule has 2 aromatic heterocycles. The molecule has 0 unspecified atom stereocenters. The van der Waals surface area contributed by atoms with E-state index in [1.165, 1.54) is 6.92 Å². The zero-order valence-corrected chi connectivity index (χ0v) is 24.2. The number of rotatable bonds is 8. The molecule has 10 nitrogen and oxygen atoms in total. The number of benzene rings is 2. The average molecular weight is 676 g/mol. The van der Waals surface area contributed by atoms with Crippen LogP contribution in [0.5, 0.6) is 11.5 Å². The Labute approximate surface area is 258 Å². The Balaban J connectivity index is 1.61. The van der Waals surface area contributed by atoms with Crippen LogP contribution in [0.25, 0.3) is 22.2 Å². The van der Waals surface area contributed by atoms with Gasteiger partial charge in [-0.25, -0.2) is 18.4 Å². The number of carbonyl (C=O) groups is 2. The minimum atomic E-state index is -5.57. The van der Waals surface area contributed by atoms with E-state index < -0.39 is 82.3 Å². The zero-order valence-electron chi connectivity index (χ0n) is 23.5. The summed E-state index contributed by atoms with van der Waals surface area (Å²) in [6, 6.07) is 4.33. The van der Waals surface area contributed by atoms with E-state index in [1.807, 2.05) is 5.32 Å². The number of hydrogen-bond donors (Lipinski definition) is 3. The molecule has 0 fully saturated rings. The van der Waals surface area contributed by atoms with E-state index in [2.05, 4.69) is 10.1 Å². The van der Waals surface area contributed by atoms with Crippen LogP contribution in [0.3, 0.4) is 0 Å². The monoisotopic (exact) mass is 675 g/mol. The van der Waals surface area contributed by atoms with Gasteiger partial charge in [0.2, 0.25) is 11.5 Å². The van der Waals surface area contributed by atoms with Gasteiger partial charge >= 0.3 is 12.7 Å². The number of primary amides is 1. The number of methoxy groups -OCH3 is 1. The van der Waals surface area contributed by atoms with E-state index in [0.29, 0.717) is 6.07 Å². The number of pyridine rings is 1. The van der Waals surface area contributed by atoms with Crippen LogP contribution in [-0.4, -0.2) is 58.1 Å². The molecule has 2 atom stereocenters. The standard InChI is InChI=1S/C28H21ClF7N5O5/c1-26(24(37)43)10-46-22-14(26)7-17(39-21(22)13-3-4-15(30)18(29)19(13)31)27(44,28(34,35)36)9-38-23(42)11-5-12-8-41(25(32)33)40-20(12)16(6-11)45-2/h3-8,25,44H,9-10H2,1-2H3,(H2,37,43)(H,38,42)/t26-,27-/m0/s1. The zero-order chi connectivity index (χ0) is 33.9. The molecule has 0 bridgehead atoms. The van der Waals surface area contributed by atoms with Crippen LogP contribution in [0, 0.1) is 11.6 Å². The Kier molecular flexibility index (Phi) is 8.05. The summed E-state index contributed by atoms with van der Waals surface area (Å²) in [5, 5.41) is 15.7. The highest BCUT2D eigenvalue weighted by atomic mass is 35.5. The molecule has 0 saturated carbocycles. The number of carbonyl (C=O) groups excluding carboxylic acids is 2. The fraction of sp³-hybridized carbons (Fsp3) is 0.286.